The van der Waals surface area contributed by atoms with E-state index in [1.54, 1.807) is 23.3 Å². The molecule has 2 aromatic heterocycles. The standard InChI is InChI=1S/C15H16N6O/c1-2-22-12-6-4-3-5-11(12)20-14-13(16)15(19-9-18-14)21-8-7-17-10-21/h3-10H,2,16H2,1H3,(H,18,19,20). The molecule has 0 aliphatic heterocycles. The van der Waals surface area contributed by atoms with Gasteiger partial charge >= 0.3 is 0 Å². The first-order chi connectivity index (χ1) is 10.8. The summed E-state index contributed by atoms with van der Waals surface area (Å²) >= 11 is 0. The summed E-state index contributed by atoms with van der Waals surface area (Å²) in [5.41, 5.74) is 7.40. The number of hydrogen-bond donors (Lipinski definition) is 2. The number of benzene rings is 1. The minimum absolute atomic E-state index is 0.437. The number of imidazole rings is 1. The van der Waals surface area contributed by atoms with Crippen molar-refractivity contribution in [1.29, 1.82) is 0 Å². The number of nitrogens with zero attached hydrogens (tertiary/aromatic N) is 4. The largest absolute Gasteiger partial charge is 0.492 e. The molecule has 3 N–H and O–H groups in total. The number of nitrogens with two attached hydrogens (primary N) is 1. The van der Waals surface area contributed by atoms with Crippen LogP contribution in [0.1, 0.15) is 6.92 Å². The molecule has 0 aliphatic rings. The molecule has 1 aromatic carbocycles. The van der Waals surface area contributed by atoms with Gasteiger partial charge in [-0.1, -0.05) is 12.1 Å². The molecule has 112 valence electrons. The third kappa shape index (κ3) is 2.69. The summed E-state index contributed by atoms with van der Waals surface area (Å²) in [5, 5.41) is 3.19. The summed E-state index contributed by atoms with van der Waals surface area (Å²) in [6.07, 6.45) is 6.53. The second kappa shape index (κ2) is 6.13. The van der Waals surface area contributed by atoms with Crippen LogP contribution in [0.4, 0.5) is 17.2 Å². The molecular weight excluding hydrogens is 280 g/mol. The van der Waals surface area contributed by atoms with Gasteiger partial charge < -0.3 is 15.8 Å². The van der Waals surface area contributed by atoms with Crippen LogP contribution < -0.4 is 15.8 Å². The summed E-state index contributed by atoms with van der Waals surface area (Å²) in [5.74, 6) is 1.84. The maximum absolute atomic E-state index is 6.17. The van der Waals surface area contributed by atoms with E-state index < -0.39 is 0 Å². The van der Waals surface area contributed by atoms with Gasteiger partial charge in [0.1, 0.15) is 24.1 Å². The minimum atomic E-state index is 0.437. The lowest BCUT2D eigenvalue weighted by Gasteiger charge is -2.14. The van der Waals surface area contributed by atoms with Crippen LogP contribution in [0.3, 0.4) is 0 Å². The van der Waals surface area contributed by atoms with Gasteiger partial charge in [0.25, 0.3) is 0 Å². The van der Waals surface area contributed by atoms with Gasteiger partial charge in [0.2, 0.25) is 0 Å². The fourth-order valence-corrected chi connectivity index (χ4v) is 2.05. The lowest BCUT2D eigenvalue weighted by atomic mass is 10.3. The van der Waals surface area contributed by atoms with Gasteiger partial charge in [-0.2, -0.15) is 0 Å². The average Bonchev–Trinajstić information content (AvgIpc) is 3.06. The summed E-state index contributed by atoms with van der Waals surface area (Å²) < 4.78 is 7.32. The van der Waals surface area contributed by atoms with Crippen molar-refractivity contribution in [3.8, 4) is 11.6 Å². The van der Waals surface area contributed by atoms with Crippen LogP contribution in [0.25, 0.3) is 5.82 Å². The van der Waals surface area contributed by atoms with Crippen molar-refractivity contribution in [3.63, 3.8) is 0 Å². The SMILES string of the molecule is CCOc1ccccc1Nc1ncnc(-n2ccnc2)c1N. The van der Waals surface area contributed by atoms with Crippen LogP contribution >= 0.6 is 0 Å². The smallest absolute Gasteiger partial charge is 0.166 e. The van der Waals surface area contributed by atoms with Crippen LogP contribution in [-0.2, 0) is 0 Å². The van der Waals surface area contributed by atoms with E-state index in [0.717, 1.165) is 11.4 Å². The minimum Gasteiger partial charge on any atom is -0.492 e. The Balaban J connectivity index is 1.95. The Kier molecular flexibility index (Phi) is 3.86. The van der Waals surface area contributed by atoms with Gasteiger partial charge in [0, 0.05) is 12.4 Å². The maximum Gasteiger partial charge on any atom is 0.166 e. The second-order valence-corrected chi connectivity index (χ2v) is 4.48. The van der Waals surface area contributed by atoms with Gasteiger partial charge in [-0.3, -0.25) is 4.57 Å². The predicted octanol–water partition coefficient (Wildman–Crippen LogP) is 2.39. The third-order valence-corrected chi connectivity index (χ3v) is 3.05. The number of nitrogens with one attached hydrogen (secondary N) is 1. The highest BCUT2D eigenvalue weighted by molar-refractivity contribution is 5.76. The highest BCUT2D eigenvalue weighted by atomic mass is 16.5. The fraction of sp³-hybridized carbons (Fsp3) is 0.133. The molecule has 0 unspecified atom stereocenters. The second-order valence-electron chi connectivity index (χ2n) is 4.48. The van der Waals surface area contributed by atoms with E-state index in [2.05, 4.69) is 20.3 Å². The van der Waals surface area contributed by atoms with Crippen LogP contribution in [0.2, 0.25) is 0 Å². The molecule has 0 radical (unpaired) electrons. The zero-order valence-corrected chi connectivity index (χ0v) is 12.1. The van der Waals surface area contributed by atoms with Crippen molar-refractivity contribution in [2.24, 2.45) is 0 Å². The lowest BCUT2D eigenvalue weighted by Crippen LogP contribution is -2.07. The Morgan fingerprint density at radius 3 is 2.91 bits per heavy atom. The Hall–Kier alpha value is -3.09. The summed E-state index contributed by atoms with van der Waals surface area (Å²) in [6, 6.07) is 7.62. The monoisotopic (exact) mass is 296 g/mol. The van der Waals surface area contributed by atoms with Crippen molar-refractivity contribution in [2.45, 2.75) is 6.92 Å². The van der Waals surface area contributed by atoms with Crippen molar-refractivity contribution < 1.29 is 4.74 Å². The summed E-state index contributed by atoms with van der Waals surface area (Å²) in [6.45, 7) is 2.52. The number of aromatic nitrogens is 4. The molecule has 0 saturated carbocycles. The van der Waals surface area contributed by atoms with Gasteiger partial charge in [-0.25, -0.2) is 15.0 Å². The number of para-hydroxylation sites is 2. The molecule has 0 amide bonds. The topological polar surface area (TPSA) is 90.9 Å². The number of rotatable bonds is 5. The molecular formula is C15H16N6O. The van der Waals surface area contributed by atoms with E-state index in [4.69, 9.17) is 10.5 Å². The fourth-order valence-electron chi connectivity index (χ4n) is 2.05. The van der Waals surface area contributed by atoms with Crippen molar-refractivity contribution >= 4 is 17.2 Å². The number of hydrogen-bond acceptors (Lipinski definition) is 6. The zero-order chi connectivity index (χ0) is 15.4. The molecule has 2 heterocycles. The first-order valence-corrected chi connectivity index (χ1v) is 6.87. The molecule has 7 nitrogen and oxygen atoms in total. The highest BCUT2D eigenvalue weighted by Gasteiger charge is 2.11. The van der Waals surface area contributed by atoms with E-state index in [0.29, 0.717) is 23.9 Å². The number of ether oxygens (including phenoxy) is 1. The quantitative estimate of drug-likeness (QED) is 0.751. The molecule has 0 fully saturated rings. The van der Waals surface area contributed by atoms with E-state index in [9.17, 15) is 0 Å². The van der Waals surface area contributed by atoms with E-state index in [1.165, 1.54) is 6.33 Å². The molecule has 0 saturated heterocycles. The van der Waals surface area contributed by atoms with Gasteiger partial charge in [-0.15, -0.1) is 0 Å². The van der Waals surface area contributed by atoms with Gasteiger partial charge in [-0.05, 0) is 19.1 Å². The summed E-state index contributed by atoms with van der Waals surface area (Å²) in [4.78, 5) is 12.4. The summed E-state index contributed by atoms with van der Waals surface area (Å²) in [7, 11) is 0. The Labute approximate surface area is 127 Å². The Bertz CT molecular complexity index is 756. The maximum atomic E-state index is 6.17. The molecule has 0 atom stereocenters. The Morgan fingerprint density at radius 2 is 2.14 bits per heavy atom. The van der Waals surface area contributed by atoms with Crippen LogP contribution in [0, 0.1) is 0 Å². The van der Waals surface area contributed by atoms with Crippen molar-refractivity contribution in [1.82, 2.24) is 19.5 Å². The number of nitrogen functional groups attached to an aromatic ring is 1. The molecule has 0 aliphatic carbocycles. The van der Waals surface area contributed by atoms with E-state index in [1.807, 2.05) is 31.2 Å². The molecule has 3 aromatic rings. The molecule has 0 spiro atoms. The van der Waals surface area contributed by atoms with Crippen LogP contribution in [-0.4, -0.2) is 26.1 Å². The average molecular weight is 296 g/mol. The van der Waals surface area contributed by atoms with Gasteiger partial charge in [0.15, 0.2) is 11.6 Å². The molecule has 22 heavy (non-hydrogen) atoms. The van der Waals surface area contributed by atoms with Crippen LogP contribution in [0.15, 0.2) is 49.3 Å². The predicted molar refractivity (Wildman–Crippen MR) is 84.5 cm³/mol. The molecule has 0 bridgehead atoms. The first kappa shape index (κ1) is 13.9. The Morgan fingerprint density at radius 1 is 1.27 bits per heavy atom. The van der Waals surface area contributed by atoms with E-state index >= 15 is 0 Å². The van der Waals surface area contributed by atoms with E-state index in [-0.39, 0.29) is 0 Å². The number of anilines is 3. The lowest BCUT2D eigenvalue weighted by molar-refractivity contribution is 0.342. The zero-order valence-electron chi connectivity index (χ0n) is 12.1. The van der Waals surface area contributed by atoms with Crippen molar-refractivity contribution in [2.75, 3.05) is 17.7 Å². The van der Waals surface area contributed by atoms with Crippen LogP contribution in [0.5, 0.6) is 5.75 Å². The van der Waals surface area contributed by atoms with Crippen molar-refractivity contribution in [3.05, 3.63) is 49.3 Å². The third-order valence-electron chi connectivity index (χ3n) is 3.05. The van der Waals surface area contributed by atoms with Gasteiger partial charge in [0.05, 0.1) is 12.3 Å². The molecule has 3 rings (SSSR count). The first-order valence-electron chi connectivity index (χ1n) is 6.87. The highest BCUT2D eigenvalue weighted by Crippen LogP contribution is 2.30. The molecule has 7 heteroatoms. The normalized spacial score (nSPS) is 10.4.